The lowest BCUT2D eigenvalue weighted by Crippen LogP contribution is -2.32. The summed E-state index contributed by atoms with van der Waals surface area (Å²) < 4.78 is 32.2. The number of para-hydroxylation sites is 1. The van der Waals surface area contributed by atoms with Gasteiger partial charge in [-0.2, -0.15) is 0 Å². The molecule has 9 heteroatoms. The lowest BCUT2D eigenvalue weighted by molar-refractivity contribution is -0.132. The van der Waals surface area contributed by atoms with Crippen molar-refractivity contribution in [1.82, 2.24) is 9.21 Å². The number of carbonyl (C=O) groups is 1. The van der Waals surface area contributed by atoms with Gasteiger partial charge in [-0.15, -0.1) is 22.7 Å². The van der Waals surface area contributed by atoms with Gasteiger partial charge in [0.25, 0.3) is 10.0 Å². The van der Waals surface area contributed by atoms with Crippen LogP contribution < -0.4 is 4.74 Å². The van der Waals surface area contributed by atoms with Crippen molar-refractivity contribution in [2.24, 2.45) is 0 Å². The normalized spacial score (nSPS) is 11.6. The van der Waals surface area contributed by atoms with Crippen molar-refractivity contribution >= 4 is 38.6 Å². The summed E-state index contributed by atoms with van der Waals surface area (Å²) in [5.41, 5.74) is 0.937. The standard InChI is InChI=1S/C22H26N2O4S3/c1-23(31(26,27)22-12-7-15-30-22)13-5-11-21(25)24(17-19-9-6-14-29-19)16-18-8-3-4-10-20(18)28-2/h3-4,6-10,12,14-15H,5,11,13,16-17H2,1-2H3. The second kappa shape index (κ2) is 10.9. The minimum atomic E-state index is -3.50. The number of sulfonamides is 1. The first-order chi connectivity index (χ1) is 14.9. The molecule has 31 heavy (non-hydrogen) atoms. The summed E-state index contributed by atoms with van der Waals surface area (Å²) in [6.07, 6.45) is 0.720. The van der Waals surface area contributed by atoms with E-state index in [1.54, 1.807) is 47.9 Å². The van der Waals surface area contributed by atoms with Crippen LogP contribution in [-0.2, 0) is 27.9 Å². The van der Waals surface area contributed by atoms with E-state index in [0.717, 1.165) is 16.2 Å². The molecule has 0 atom stereocenters. The van der Waals surface area contributed by atoms with Crippen molar-refractivity contribution in [2.45, 2.75) is 30.1 Å². The lowest BCUT2D eigenvalue weighted by Gasteiger charge is -2.24. The molecule has 0 spiro atoms. The molecule has 0 unspecified atom stereocenters. The van der Waals surface area contributed by atoms with E-state index >= 15 is 0 Å². The molecule has 0 bridgehead atoms. The third-order valence-corrected chi connectivity index (χ3v) is 8.95. The molecule has 0 aliphatic rings. The van der Waals surface area contributed by atoms with Gasteiger partial charge in [-0.05, 0) is 35.4 Å². The number of thiophene rings is 2. The van der Waals surface area contributed by atoms with Crippen LogP contribution in [0.5, 0.6) is 5.75 Å². The summed E-state index contributed by atoms with van der Waals surface area (Å²) in [6.45, 7) is 1.23. The molecule has 0 aliphatic carbocycles. The van der Waals surface area contributed by atoms with Crippen molar-refractivity contribution in [3.8, 4) is 5.75 Å². The minimum Gasteiger partial charge on any atom is -0.496 e. The van der Waals surface area contributed by atoms with E-state index in [0.29, 0.717) is 23.7 Å². The van der Waals surface area contributed by atoms with Crippen LogP contribution >= 0.6 is 22.7 Å². The van der Waals surface area contributed by atoms with Crippen LogP contribution in [0.3, 0.4) is 0 Å². The maximum absolute atomic E-state index is 13.1. The Hall–Kier alpha value is -2.20. The molecule has 0 N–H and O–H groups in total. The summed E-state index contributed by atoms with van der Waals surface area (Å²) in [4.78, 5) is 16.0. The fraction of sp³-hybridized carbons (Fsp3) is 0.318. The van der Waals surface area contributed by atoms with Gasteiger partial charge in [0.05, 0.1) is 13.7 Å². The van der Waals surface area contributed by atoms with Crippen molar-refractivity contribution < 1.29 is 17.9 Å². The molecule has 3 rings (SSSR count). The summed E-state index contributed by atoms with van der Waals surface area (Å²) in [7, 11) is -0.328. The number of hydrogen-bond acceptors (Lipinski definition) is 6. The Morgan fingerprint density at radius 3 is 2.42 bits per heavy atom. The van der Waals surface area contributed by atoms with Gasteiger partial charge in [0.15, 0.2) is 0 Å². The van der Waals surface area contributed by atoms with Crippen molar-refractivity contribution in [2.75, 3.05) is 20.7 Å². The average molecular weight is 479 g/mol. The Balaban J connectivity index is 1.64. The van der Waals surface area contributed by atoms with Gasteiger partial charge in [0, 0.05) is 37.0 Å². The van der Waals surface area contributed by atoms with Crippen LogP contribution in [0.25, 0.3) is 0 Å². The number of amides is 1. The van der Waals surface area contributed by atoms with Crippen LogP contribution in [0.15, 0.2) is 63.5 Å². The molecule has 0 aliphatic heterocycles. The number of carbonyl (C=O) groups excluding carboxylic acids is 1. The van der Waals surface area contributed by atoms with E-state index in [9.17, 15) is 13.2 Å². The number of nitrogens with zero attached hydrogens (tertiary/aromatic N) is 2. The Kier molecular flexibility index (Phi) is 8.25. The first-order valence-corrected chi connectivity index (χ1v) is 13.0. The average Bonchev–Trinajstić information content (AvgIpc) is 3.48. The molecular formula is C22H26N2O4S3. The Morgan fingerprint density at radius 1 is 1.00 bits per heavy atom. The largest absolute Gasteiger partial charge is 0.496 e. The highest BCUT2D eigenvalue weighted by atomic mass is 32.2. The Labute approximate surface area is 191 Å². The zero-order valence-electron chi connectivity index (χ0n) is 17.6. The molecule has 0 fully saturated rings. The monoisotopic (exact) mass is 478 g/mol. The number of benzene rings is 1. The van der Waals surface area contributed by atoms with Gasteiger partial charge in [0.2, 0.25) is 5.91 Å². The van der Waals surface area contributed by atoms with Gasteiger partial charge in [0.1, 0.15) is 9.96 Å². The molecule has 2 aromatic heterocycles. The predicted molar refractivity (Wildman–Crippen MR) is 125 cm³/mol. The second-order valence-corrected chi connectivity index (χ2v) is 11.3. The maximum atomic E-state index is 13.1. The first-order valence-electron chi connectivity index (χ1n) is 9.83. The Bertz CT molecular complexity index is 1060. The zero-order chi connectivity index (χ0) is 22.3. The van der Waals surface area contributed by atoms with E-state index in [1.807, 2.05) is 41.8 Å². The second-order valence-electron chi connectivity index (χ2n) is 7.00. The summed E-state index contributed by atoms with van der Waals surface area (Å²) >= 11 is 2.80. The van der Waals surface area contributed by atoms with E-state index in [4.69, 9.17) is 4.74 Å². The number of hydrogen-bond donors (Lipinski definition) is 0. The van der Waals surface area contributed by atoms with Crippen LogP contribution in [0.4, 0.5) is 0 Å². The SMILES string of the molecule is COc1ccccc1CN(Cc1cccs1)C(=O)CCCN(C)S(=O)(=O)c1cccs1. The molecule has 0 saturated carbocycles. The molecule has 1 aromatic carbocycles. The van der Waals surface area contributed by atoms with Gasteiger partial charge in [-0.25, -0.2) is 12.7 Å². The number of methoxy groups -OCH3 is 1. The highest BCUT2D eigenvalue weighted by Crippen LogP contribution is 2.23. The first kappa shape index (κ1) is 23.5. The fourth-order valence-electron chi connectivity index (χ4n) is 3.16. The third-order valence-electron chi connectivity index (χ3n) is 4.86. The quantitative estimate of drug-likeness (QED) is 0.408. The highest BCUT2D eigenvalue weighted by molar-refractivity contribution is 7.91. The molecule has 1 amide bonds. The van der Waals surface area contributed by atoms with Crippen molar-refractivity contribution in [3.63, 3.8) is 0 Å². The minimum absolute atomic E-state index is 0.0128. The molecular weight excluding hydrogens is 452 g/mol. The fourth-order valence-corrected chi connectivity index (χ4v) is 6.29. The maximum Gasteiger partial charge on any atom is 0.252 e. The van der Waals surface area contributed by atoms with E-state index in [2.05, 4.69) is 0 Å². The van der Waals surface area contributed by atoms with E-state index in [-0.39, 0.29) is 18.9 Å². The number of ether oxygens (including phenoxy) is 1. The summed E-state index contributed by atoms with van der Waals surface area (Å²) in [6, 6.07) is 15.0. The van der Waals surface area contributed by atoms with E-state index in [1.165, 1.54) is 15.6 Å². The van der Waals surface area contributed by atoms with Crippen LogP contribution in [0, 0.1) is 0 Å². The number of rotatable bonds is 11. The topological polar surface area (TPSA) is 66.9 Å². The van der Waals surface area contributed by atoms with Crippen molar-refractivity contribution in [1.29, 1.82) is 0 Å². The van der Waals surface area contributed by atoms with Crippen LogP contribution in [0.2, 0.25) is 0 Å². The zero-order valence-corrected chi connectivity index (χ0v) is 20.0. The third kappa shape index (κ3) is 6.16. The molecule has 0 saturated heterocycles. The van der Waals surface area contributed by atoms with Gasteiger partial charge < -0.3 is 9.64 Å². The predicted octanol–water partition coefficient (Wildman–Crippen LogP) is 4.45. The molecule has 0 radical (unpaired) electrons. The van der Waals surface area contributed by atoms with Gasteiger partial charge >= 0.3 is 0 Å². The van der Waals surface area contributed by atoms with Gasteiger partial charge in [-0.1, -0.05) is 30.3 Å². The summed E-state index contributed by atoms with van der Waals surface area (Å²) in [5, 5.41) is 3.73. The van der Waals surface area contributed by atoms with Gasteiger partial charge in [-0.3, -0.25) is 4.79 Å². The molecule has 2 heterocycles. The smallest absolute Gasteiger partial charge is 0.252 e. The molecule has 3 aromatic rings. The molecule has 6 nitrogen and oxygen atoms in total. The van der Waals surface area contributed by atoms with Crippen LogP contribution in [0.1, 0.15) is 23.3 Å². The van der Waals surface area contributed by atoms with Crippen LogP contribution in [-0.4, -0.2) is 44.2 Å². The van der Waals surface area contributed by atoms with Crippen molar-refractivity contribution in [3.05, 3.63) is 69.7 Å². The highest BCUT2D eigenvalue weighted by Gasteiger charge is 2.22. The summed E-state index contributed by atoms with van der Waals surface area (Å²) in [5.74, 6) is 0.731. The Morgan fingerprint density at radius 2 is 1.74 bits per heavy atom. The lowest BCUT2D eigenvalue weighted by atomic mass is 10.1. The van der Waals surface area contributed by atoms with E-state index < -0.39 is 10.0 Å². The molecule has 166 valence electrons.